The molecule has 2 aromatic carbocycles. The summed E-state index contributed by atoms with van der Waals surface area (Å²) >= 11 is 0. The van der Waals surface area contributed by atoms with Crippen LogP contribution in [-0.2, 0) is 20.3 Å². The number of rotatable bonds is 9. The molecule has 0 unspecified atom stereocenters. The van der Waals surface area contributed by atoms with Gasteiger partial charge in [-0.05, 0) is 30.5 Å². The zero-order chi connectivity index (χ0) is 25.3. The summed E-state index contributed by atoms with van der Waals surface area (Å²) in [5.74, 6) is -0.117. The third-order valence-corrected chi connectivity index (χ3v) is 6.89. The van der Waals surface area contributed by atoms with E-state index < -0.39 is 22.0 Å². The van der Waals surface area contributed by atoms with Gasteiger partial charge in [-0.2, -0.15) is 5.06 Å². The highest BCUT2D eigenvalue weighted by Gasteiger charge is 2.39. The molecule has 2 N–H and O–H groups in total. The monoisotopic (exact) mass is 503 g/mol. The van der Waals surface area contributed by atoms with Crippen molar-refractivity contribution in [3.63, 3.8) is 0 Å². The molecule has 0 heterocycles. The van der Waals surface area contributed by atoms with Crippen LogP contribution in [0.2, 0.25) is 0 Å². The molecule has 0 radical (unpaired) electrons. The molecule has 2 amide bonds. The van der Waals surface area contributed by atoms with E-state index in [1.807, 2.05) is 30.3 Å². The molecule has 1 saturated carbocycles. The normalized spacial score (nSPS) is 15.1. The molecule has 0 bridgehead atoms. The number of amides is 2. The molecule has 190 valence electrons. The maximum absolute atomic E-state index is 13.6. The number of methoxy groups -OCH3 is 1. The first-order chi connectivity index (χ1) is 16.7. The number of hydroxylamine groups is 2. The lowest BCUT2D eigenvalue weighted by Crippen LogP contribution is -2.47. The van der Waals surface area contributed by atoms with Crippen LogP contribution in [0, 0.1) is 0 Å². The predicted octanol–water partition coefficient (Wildman–Crippen LogP) is 3.23. The van der Waals surface area contributed by atoms with Gasteiger partial charge in [-0.3, -0.25) is 4.79 Å². The molecule has 1 aliphatic carbocycles. The average molecular weight is 504 g/mol. The minimum absolute atomic E-state index is 0.00232. The molecule has 9 nitrogen and oxygen atoms in total. The molecule has 1 aliphatic rings. The van der Waals surface area contributed by atoms with Crippen molar-refractivity contribution in [2.24, 2.45) is 0 Å². The Balaban J connectivity index is 1.85. The van der Waals surface area contributed by atoms with E-state index in [9.17, 15) is 18.0 Å². The number of ether oxygens (including phenoxy) is 1. The van der Waals surface area contributed by atoms with E-state index in [2.05, 4.69) is 10.0 Å². The fraction of sp³-hybridized carbons (Fsp3) is 0.440. The zero-order valence-electron chi connectivity index (χ0n) is 20.2. The first-order valence-corrected chi connectivity index (χ1v) is 13.5. The Morgan fingerprint density at radius 2 is 1.63 bits per heavy atom. The van der Waals surface area contributed by atoms with E-state index in [1.165, 1.54) is 7.11 Å². The van der Waals surface area contributed by atoms with Gasteiger partial charge in [-0.15, -0.1) is 0 Å². The number of nitrogens with one attached hydrogen (secondary N) is 2. The number of hydrogen-bond acceptors (Lipinski definition) is 6. The Morgan fingerprint density at radius 1 is 0.971 bits per heavy atom. The minimum Gasteiger partial charge on any atom is -0.496 e. The molecular formula is C25H33N3O6S. The predicted molar refractivity (Wildman–Crippen MR) is 133 cm³/mol. The maximum Gasteiger partial charge on any atom is 0.431 e. The molecule has 1 fully saturated rings. The number of hydrogen-bond donors (Lipinski definition) is 2. The first-order valence-electron chi connectivity index (χ1n) is 11.6. The van der Waals surface area contributed by atoms with Crippen LogP contribution < -0.4 is 14.8 Å². The smallest absolute Gasteiger partial charge is 0.431 e. The van der Waals surface area contributed by atoms with Crippen LogP contribution in [0.3, 0.4) is 0 Å². The van der Waals surface area contributed by atoms with Crippen LogP contribution in [0.15, 0.2) is 54.6 Å². The third kappa shape index (κ3) is 7.43. The highest BCUT2D eigenvalue weighted by atomic mass is 32.2. The molecule has 0 spiro atoms. The van der Waals surface area contributed by atoms with Gasteiger partial charge in [0.1, 0.15) is 5.75 Å². The summed E-state index contributed by atoms with van der Waals surface area (Å²) in [5, 5.41) is 3.60. The topological polar surface area (TPSA) is 114 Å². The summed E-state index contributed by atoms with van der Waals surface area (Å²) in [4.78, 5) is 31.8. The molecular weight excluding hydrogens is 470 g/mol. The molecule has 10 heteroatoms. The van der Waals surface area contributed by atoms with Crippen molar-refractivity contribution in [3.05, 3.63) is 65.7 Å². The molecule has 0 atom stereocenters. The van der Waals surface area contributed by atoms with Gasteiger partial charge in [0.25, 0.3) is 5.91 Å². The van der Waals surface area contributed by atoms with Crippen molar-refractivity contribution in [2.75, 3.05) is 33.0 Å². The van der Waals surface area contributed by atoms with E-state index in [1.54, 1.807) is 24.3 Å². The van der Waals surface area contributed by atoms with Crippen LogP contribution in [0.5, 0.6) is 5.75 Å². The summed E-state index contributed by atoms with van der Waals surface area (Å²) in [6, 6.07) is 16.8. The van der Waals surface area contributed by atoms with E-state index in [4.69, 9.17) is 9.57 Å². The molecule has 0 aromatic heterocycles. The fourth-order valence-corrected chi connectivity index (χ4v) is 4.94. The van der Waals surface area contributed by atoms with Gasteiger partial charge >= 0.3 is 6.09 Å². The SMILES string of the molecule is COc1ccccc1C(=O)N(CC1(c2ccccc2)CCCCC1)OC(=O)NCCNS(C)(=O)=O. The number of nitrogens with zero attached hydrogens (tertiary/aromatic N) is 1. The largest absolute Gasteiger partial charge is 0.496 e. The lowest BCUT2D eigenvalue weighted by Gasteiger charge is -2.40. The number of carbonyl (C=O) groups excluding carboxylic acids is 2. The molecule has 2 aromatic rings. The van der Waals surface area contributed by atoms with Crippen molar-refractivity contribution in [1.82, 2.24) is 15.1 Å². The highest BCUT2D eigenvalue weighted by Crippen LogP contribution is 2.40. The van der Waals surface area contributed by atoms with Gasteiger partial charge < -0.3 is 14.9 Å². The lowest BCUT2D eigenvalue weighted by molar-refractivity contribution is -0.0845. The van der Waals surface area contributed by atoms with Gasteiger partial charge in [-0.1, -0.05) is 61.7 Å². The van der Waals surface area contributed by atoms with Gasteiger partial charge in [0.05, 0.1) is 25.5 Å². The zero-order valence-corrected chi connectivity index (χ0v) is 21.0. The van der Waals surface area contributed by atoms with Gasteiger partial charge in [0, 0.05) is 18.5 Å². The average Bonchev–Trinajstić information content (AvgIpc) is 2.86. The van der Waals surface area contributed by atoms with Crippen LogP contribution >= 0.6 is 0 Å². The standard InChI is InChI=1S/C25H33N3O6S/c1-33-22-14-8-7-13-21(22)23(29)28(34-24(30)26-17-18-27-35(2,31)32)19-25(15-9-4-10-16-25)20-11-5-3-6-12-20/h3,5-8,11-14,27H,4,9-10,15-19H2,1-2H3,(H,26,30). The second kappa shape index (κ2) is 12.0. The Hall–Kier alpha value is -3.11. The Labute approximate surface area is 206 Å². The third-order valence-electron chi connectivity index (χ3n) is 6.16. The summed E-state index contributed by atoms with van der Waals surface area (Å²) in [5.41, 5.74) is 1.01. The maximum atomic E-state index is 13.6. The van der Waals surface area contributed by atoms with Crippen molar-refractivity contribution in [1.29, 1.82) is 0 Å². The Kier molecular flexibility index (Phi) is 9.11. The highest BCUT2D eigenvalue weighted by molar-refractivity contribution is 7.88. The van der Waals surface area contributed by atoms with Crippen molar-refractivity contribution >= 4 is 22.0 Å². The van der Waals surface area contributed by atoms with Crippen molar-refractivity contribution in [2.45, 2.75) is 37.5 Å². The molecule has 3 rings (SSSR count). The number of para-hydroxylation sites is 1. The lowest BCUT2D eigenvalue weighted by atomic mass is 9.69. The first kappa shape index (κ1) is 26.5. The van der Waals surface area contributed by atoms with Crippen molar-refractivity contribution in [3.8, 4) is 5.75 Å². The quantitative estimate of drug-likeness (QED) is 0.401. The van der Waals surface area contributed by atoms with Gasteiger partial charge in [0.15, 0.2) is 0 Å². The van der Waals surface area contributed by atoms with E-state index in [0.717, 1.165) is 49.0 Å². The summed E-state index contributed by atoms with van der Waals surface area (Å²) in [6.45, 7) is 0.192. The number of sulfonamides is 1. The van der Waals surface area contributed by atoms with Gasteiger partial charge in [0.2, 0.25) is 10.0 Å². The second-order valence-corrected chi connectivity index (χ2v) is 10.6. The molecule has 0 aliphatic heterocycles. The van der Waals surface area contributed by atoms with E-state index >= 15 is 0 Å². The van der Waals surface area contributed by atoms with E-state index in [0.29, 0.717) is 5.75 Å². The minimum atomic E-state index is -3.38. The summed E-state index contributed by atoms with van der Waals surface area (Å²) in [7, 11) is -1.90. The number of benzene rings is 2. The number of carbonyl (C=O) groups is 2. The van der Waals surface area contributed by atoms with Crippen LogP contribution in [0.1, 0.15) is 48.0 Å². The summed E-state index contributed by atoms with van der Waals surface area (Å²) in [6.07, 6.45) is 5.04. The van der Waals surface area contributed by atoms with E-state index in [-0.39, 0.29) is 30.6 Å². The Bertz CT molecular complexity index is 1100. The van der Waals surface area contributed by atoms with Gasteiger partial charge in [-0.25, -0.2) is 17.9 Å². The van der Waals surface area contributed by atoms with Crippen LogP contribution in [0.4, 0.5) is 4.79 Å². The van der Waals surface area contributed by atoms with Crippen molar-refractivity contribution < 1.29 is 27.6 Å². The van der Waals surface area contributed by atoms with Crippen LogP contribution in [-0.4, -0.2) is 58.5 Å². The Morgan fingerprint density at radius 3 is 2.29 bits per heavy atom. The summed E-state index contributed by atoms with van der Waals surface area (Å²) < 4.78 is 30.1. The fourth-order valence-electron chi connectivity index (χ4n) is 4.47. The second-order valence-electron chi connectivity index (χ2n) is 8.72. The molecule has 0 saturated heterocycles. The van der Waals surface area contributed by atoms with Crippen LogP contribution in [0.25, 0.3) is 0 Å². The molecule has 35 heavy (non-hydrogen) atoms.